The lowest BCUT2D eigenvalue weighted by molar-refractivity contribution is 0.0912. The third-order valence-corrected chi connectivity index (χ3v) is 5.77. The van der Waals surface area contributed by atoms with Crippen molar-refractivity contribution in [3.05, 3.63) is 39.9 Å². The second-order valence-corrected chi connectivity index (χ2v) is 8.05. The van der Waals surface area contributed by atoms with Crippen molar-refractivity contribution in [3.63, 3.8) is 0 Å². The predicted molar refractivity (Wildman–Crippen MR) is 114 cm³/mol. The van der Waals surface area contributed by atoms with Crippen LogP contribution in [0.15, 0.2) is 23.0 Å². The Morgan fingerprint density at radius 2 is 2.00 bits per heavy atom. The number of tetrazole rings is 1. The molecule has 2 aliphatic rings. The number of H-pyrrole nitrogens is 1. The molecular weight excluding hydrogens is 416 g/mol. The lowest BCUT2D eigenvalue weighted by atomic mass is 10.1. The van der Waals surface area contributed by atoms with Crippen LogP contribution in [0.1, 0.15) is 24.2 Å². The van der Waals surface area contributed by atoms with Gasteiger partial charge in [0.15, 0.2) is 17.3 Å². The monoisotopic (exact) mass is 442 g/mol. The smallest absolute Gasteiger partial charge is 0.252 e. The third-order valence-electron chi connectivity index (χ3n) is 5.77. The molecule has 0 amide bonds. The Morgan fingerprint density at radius 3 is 2.78 bits per heavy atom. The molecule has 32 heavy (non-hydrogen) atoms. The second-order valence-electron chi connectivity index (χ2n) is 8.05. The van der Waals surface area contributed by atoms with Crippen LogP contribution in [0.4, 0.5) is 0 Å². The highest BCUT2D eigenvalue weighted by atomic mass is 16.6. The molecular formula is C21H26N6O5. The molecule has 0 unspecified atom stereocenters. The van der Waals surface area contributed by atoms with Crippen LogP contribution in [0.3, 0.4) is 0 Å². The van der Waals surface area contributed by atoms with E-state index in [0.29, 0.717) is 67.8 Å². The molecule has 0 aliphatic carbocycles. The maximum absolute atomic E-state index is 12.8. The van der Waals surface area contributed by atoms with Gasteiger partial charge in [-0.25, -0.2) is 4.68 Å². The zero-order valence-electron chi connectivity index (χ0n) is 17.7. The third kappa shape index (κ3) is 4.45. The van der Waals surface area contributed by atoms with Gasteiger partial charge in [-0.1, -0.05) is 0 Å². The summed E-state index contributed by atoms with van der Waals surface area (Å²) < 4.78 is 18.7. The molecule has 1 aromatic carbocycles. The van der Waals surface area contributed by atoms with Crippen molar-refractivity contribution in [1.29, 1.82) is 0 Å². The van der Waals surface area contributed by atoms with Gasteiger partial charge in [0, 0.05) is 36.7 Å². The highest BCUT2D eigenvalue weighted by Gasteiger charge is 2.21. The van der Waals surface area contributed by atoms with Crippen LogP contribution >= 0.6 is 0 Å². The van der Waals surface area contributed by atoms with E-state index in [1.165, 1.54) is 0 Å². The first kappa shape index (κ1) is 20.9. The summed E-state index contributed by atoms with van der Waals surface area (Å²) in [5.41, 5.74) is 1.09. The van der Waals surface area contributed by atoms with Gasteiger partial charge < -0.3 is 24.3 Å². The molecule has 2 aromatic heterocycles. The summed E-state index contributed by atoms with van der Waals surface area (Å²) in [4.78, 5) is 17.6. The number of aliphatic hydroxyl groups is 1. The van der Waals surface area contributed by atoms with Gasteiger partial charge in [-0.2, -0.15) is 0 Å². The van der Waals surface area contributed by atoms with E-state index in [0.717, 1.165) is 24.8 Å². The largest absolute Gasteiger partial charge is 0.486 e. The van der Waals surface area contributed by atoms with Crippen LogP contribution in [-0.2, 0) is 24.4 Å². The van der Waals surface area contributed by atoms with Crippen LogP contribution in [0, 0.1) is 0 Å². The minimum atomic E-state index is -0.184. The Bertz CT molecular complexity index is 1140. The first-order valence-corrected chi connectivity index (χ1v) is 10.8. The van der Waals surface area contributed by atoms with E-state index in [1.54, 1.807) is 10.7 Å². The fraction of sp³-hybridized carbons (Fsp3) is 0.524. The number of nitrogens with zero attached hydrogens (tertiary/aromatic N) is 5. The van der Waals surface area contributed by atoms with Crippen LogP contribution in [0.5, 0.6) is 11.5 Å². The Kier molecular flexibility index (Phi) is 6.02. The molecule has 1 atom stereocenters. The lowest BCUT2D eigenvalue weighted by Crippen LogP contribution is -2.31. The van der Waals surface area contributed by atoms with Crippen LogP contribution in [0.25, 0.3) is 10.9 Å². The highest BCUT2D eigenvalue weighted by molar-refractivity contribution is 5.83. The van der Waals surface area contributed by atoms with Crippen molar-refractivity contribution in [2.75, 3.05) is 33.0 Å². The SMILES string of the molecule is O=c1[nH]c2cc3c(cc2cc1CN(CCO)Cc1nnnn1C[C@H]1CCCO1)OCCO3. The molecule has 1 fully saturated rings. The van der Waals surface area contributed by atoms with Gasteiger partial charge in [0.25, 0.3) is 5.56 Å². The predicted octanol–water partition coefficient (Wildman–Crippen LogP) is 0.459. The average Bonchev–Trinajstić information content (AvgIpc) is 3.46. The van der Waals surface area contributed by atoms with Gasteiger partial charge >= 0.3 is 0 Å². The molecule has 11 heteroatoms. The molecule has 0 bridgehead atoms. The number of ether oxygens (including phenoxy) is 3. The van der Waals surface area contributed by atoms with E-state index in [4.69, 9.17) is 14.2 Å². The zero-order valence-corrected chi connectivity index (χ0v) is 17.7. The van der Waals surface area contributed by atoms with Gasteiger partial charge in [-0.15, -0.1) is 5.10 Å². The van der Waals surface area contributed by atoms with Crippen LogP contribution in [0.2, 0.25) is 0 Å². The quantitative estimate of drug-likeness (QED) is 0.511. The molecule has 2 aliphatic heterocycles. The molecule has 3 aromatic rings. The number of rotatable bonds is 8. The Morgan fingerprint density at radius 1 is 1.16 bits per heavy atom. The minimum Gasteiger partial charge on any atom is -0.486 e. The Balaban J connectivity index is 1.36. The molecule has 4 heterocycles. The van der Waals surface area contributed by atoms with Crippen LogP contribution in [-0.4, -0.2) is 74.3 Å². The van der Waals surface area contributed by atoms with E-state index in [-0.39, 0.29) is 18.3 Å². The first-order valence-electron chi connectivity index (χ1n) is 10.8. The maximum atomic E-state index is 12.8. The average molecular weight is 442 g/mol. The number of hydrogen-bond acceptors (Lipinski definition) is 9. The fourth-order valence-electron chi connectivity index (χ4n) is 4.16. The number of hydrogen-bond donors (Lipinski definition) is 2. The van der Waals surface area contributed by atoms with Gasteiger partial charge in [-0.05, 0) is 35.4 Å². The lowest BCUT2D eigenvalue weighted by Gasteiger charge is -2.21. The summed E-state index contributed by atoms with van der Waals surface area (Å²) in [6, 6.07) is 5.52. The zero-order chi connectivity index (χ0) is 21.9. The molecule has 11 nitrogen and oxygen atoms in total. The van der Waals surface area contributed by atoms with Gasteiger partial charge in [0.2, 0.25) is 0 Å². The summed E-state index contributed by atoms with van der Waals surface area (Å²) in [6.45, 7) is 3.43. The Labute approximate surface area is 183 Å². The number of benzene rings is 1. The number of aromatic amines is 1. The maximum Gasteiger partial charge on any atom is 0.252 e. The van der Waals surface area contributed by atoms with E-state index < -0.39 is 0 Å². The number of aliphatic hydroxyl groups excluding tert-OH is 1. The van der Waals surface area contributed by atoms with E-state index in [1.807, 2.05) is 17.0 Å². The van der Waals surface area contributed by atoms with Crippen LogP contribution < -0.4 is 15.0 Å². The van der Waals surface area contributed by atoms with E-state index in [9.17, 15) is 9.90 Å². The minimum absolute atomic E-state index is 0.0442. The summed E-state index contributed by atoms with van der Waals surface area (Å²) in [5.74, 6) is 1.97. The van der Waals surface area contributed by atoms with Crippen molar-refractivity contribution in [2.45, 2.75) is 38.6 Å². The summed E-state index contributed by atoms with van der Waals surface area (Å²) in [7, 11) is 0. The number of aromatic nitrogens is 5. The van der Waals surface area contributed by atoms with Gasteiger partial charge in [0.1, 0.15) is 13.2 Å². The molecule has 5 rings (SSSR count). The van der Waals surface area contributed by atoms with Crippen molar-refractivity contribution >= 4 is 10.9 Å². The van der Waals surface area contributed by atoms with E-state index >= 15 is 0 Å². The topological polar surface area (TPSA) is 128 Å². The van der Waals surface area contributed by atoms with Crippen molar-refractivity contribution in [2.24, 2.45) is 0 Å². The van der Waals surface area contributed by atoms with Gasteiger partial charge in [-0.3, -0.25) is 9.69 Å². The number of fused-ring (bicyclic) bond motifs is 2. The molecule has 170 valence electrons. The fourth-order valence-corrected chi connectivity index (χ4v) is 4.16. The second kappa shape index (κ2) is 9.23. The molecule has 0 radical (unpaired) electrons. The normalized spacial score (nSPS) is 18.0. The van der Waals surface area contributed by atoms with Crippen molar-refractivity contribution < 1.29 is 19.3 Å². The molecule has 2 N–H and O–H groups in total. The van der Waals surface area contributed by atoms with Crippen molar-refractivity contribution in [1.82, 2.24) is 30.1 Å². The Hall–Kier alpha value is -3.02. The molecule has 1 saturated heterocycles. The molecule has 0 saturated carbocycles. The number of nitrogens with one attached hydrogen (secondary N) is 1. The summed E-state index contributed by atoms with van der Waals surface area (Å²) in [5, 5.41) is 22.5. The molecule has 0 spiro atoms. The highest BCUT2D eigenvalue weighted by Crippen LogP contribution is 2.33. The summed E-state index contributed by atoms with van der Waals surface area (Å²) >= 11 is 0. The first-order chi connectivity index (χ1) is 15.7. The van der Waals surface area contributed by atoms with E-state index in [2.05, 4.69) is 20.5 Å². The standard InChI is InChI=1S/C21H26N6O5/c28-4-3-26(13-20-23-24-25-27(20)12-16-2-1-5-30-16)11-15-8-14-9-18-19(32-7-6-31-18)10-17(14)22-21(15)29/h8-10,16,28H,1-7,11-13H2,(H,22,29)/t16-/m1/s1. The summed E-state index contributed by atoms with van der Waals surface area (Å²) in [6.07, 6.45) is 2.15. The van der Waals surface area contributed by atoms with Gasteiger partial charge in [0.05, 0.1) is 31.3 Å². The number of pyridine rings is 1. The van der Waals surface area contributed by atoms with Crippen molar-refractivity contribution in [3.8, 4) is 11.5 Å².